The van der Waals surface area contributed by atoms with Crippen molar-refractivity contribution in [2.75, 3.05) is 0 Å². The summed E-state index contributed by atoms with van der Waals surface area (Å²) in [5.41, 5.74) is -0.664. The Labute approximate surface area is 127 Å². The second kappa shape index (κ2) is 6.26. The molecule has 2 heterocycles. The van der Waals surface area contributed by atoms with Crippen LogP contribution in [0, 0.1) is 0 Å². The molecule has 0 aliphatic rings. The van der Waals surface area contributed by atoms with Crippen LogP contribution in [0.2, 0.25) is 0 Å². The zero-order valence-corrected chi connectivity index (χ0v) is 13.3. The number of carbonyl (C=O) groups excluding carboxylic acids is 1. The molecule has 1 atom stereocenters. The summed E-state index contributed by atoms with van der Waals surface area (Å²) >= 11 is 1.54. The molecule has 21 heavy (non-hydrogen) atoms. The first kappa shape index (κ1) is 15.5. The molecule has 0 unspecified atom stereocenters. The average molecular weight is 306 g/mol. The van der Waals surface area contributed by atoms with Crippen molar-refractivity contribution in [1.82, 2.24) is 20.4 Å². The average Bonchev–Trinajstić information content (AvgIpc) is 2.88. The van der Waals surface area contributed by atoms with Crippen molar-refractivity contribution in [3.63, 3.8) is 0 Å². The van der Waals surface area contributed by atoms with Crippen molar-refractivity contribution in [3.8, 4) is 0 Å². The first-order chi connectivity index (χ1) is 9.88. The smallest absolute Gasteiger partial charge is 0.239 e. The molecule has 0 aliphatic heterocycles. The number of thioether (sulfide) groups is 1. The van der Waals surface area contributed by atoms with E-state index in [0.717, 1.165) is 5.03 Å². The van der Waals surface area contributed by atoms with Gasteiger partial charge >= 0.3 is 0 Å². The van der Waals surface area contributed by atoms with E-state index in [1.807, 2.05) is 39.0 Å². The van der Waals surface area contributed by atoms with E-state index in [9.17, 15) is 4.79 Å². The van der Waals surface area contributed by atoms with Gasteiger partial charge in [0.05, 0.1) is 15.8 Å². The number of nitrogens with zero attached hydrogens (tertiary/aromatic N) is 3. The molecule has 0 bridgehead atoms. The van der Waals surface area contributed by atoms with E-state index >= 15 is 0 Å². The Morgan fingerprint density at radius 3 is 2.81 bits per heavy atom. The third-order valence-corrected chi connectivity index (χ3v) is 3.81. The summed E-state index contributed by atoms with van der Waals surface area (Å²) in [6, 6.07) is 5.73. The van der Waals surface area contributed by atoms with Crippen LogP contribution in [0.25, 0.3) is 0 Å². The van der Waals surface area contributed by atoms with E-state index < -0.39 is 5.54 Å². The molecule has 0 aromatic carbocycles. The molecule has 0 fully saturated rings. The monoisotopic (exact) mass is 306 g/mol. The number of nitrogens with one attached hydrogen (secondary N) is 1. The van der Waals surface area contributed by atoms with E-state index in [0.29, 0.717) is 11.7 Å². The van der Waals surface area contributed by atoms with E-state index in [-0.39, 0.29) is 11.2 Å². The van der Waals surface area contributed by atoms with Crippen molar-refractivity contribution in [2.24, 2.45) is 0 Å². The van der Waals surface area contributed by atoms with Crippen LogP contribution in [0.4, 0.5) is 0 Å². The van der Waals surface area contributed by atoms with Gasteiger partial charge in [-0.3, -0.25) is 4.79 Å². The highest BCUT2D eigenvalue weighted by Gasteiger charge is 2.28. The van der Waals surface area contributed by atoms with Crippen molar-refractivity contribution >= 4 is 17.7 Å². The Hall–Kier alpha value is -1.89. The fourth-order valence-electron chi connectivity index (χ4n) is 1.80. The van der Waals surface area contributed by atoms with E-state index in [2.05, 4.69) is 20.4 Å². The highest BCUT2D eigenvalue weighted by atomic mass is 32.2. The maximum atomic E-state index is 11.2. The molecular formula is C14H18N4O2S. The minimum absolute atomic E-state index is 0.0192. The van der Waals surface area contributed by atoms with Gasteiger partial charge in [-0.2, -0.15) is 4.98 Å². The van der Waals surface area contributed by atoms with Gasteiger partial charge in [0, 0.05) is 13.1 Å². The molecule has 2 aromatic heterocycles. The molecule has 7 heteroatoms. The highest BCUT2D eigenvalue weighted by Crippen LogP contribution is 2.33. The fourth-order valence-corrected chi connectivity index (χ4v) is 2.64. The Morgan fingerprint density at radius 2 is 2.19 bits per heavy atom. The van der Waals surface area contributed by atoms with Gasteiger partial charge < -0.3 is 9.84 Å². The van der Waals surface area contributed by atoms with Crippen LogP contribution in [-0.2, 0) is 10.3 Å². The lowest BCUT2D eigenvalue weighted by Crippen LogP contribution is -2.40. The van der Waals surface area contributed by atoms with Crippen LogP contribution in [0.15, 0.2) is 33.9 Å². The predicted octanol–water partition coefficient (Wildman–Crippen LogP) is 2.69. The molecule has 2 rings (SSSR count). The Kier molecular flexibility index (Phi) is 4.62. The van der Waals surface area contributed by atoms with Crippen LogP contribution in [0.5, 0.6) is 0 Å². The van der Waals surface area contributed by atoms with E-state index in [1.54, 1.807) is 6.20 Å². The first-order valence-electron chi connectivity index (χ1n) is 6.59. The molecule has 0 aliphatic carbocycles. The lowest BCUT2D eigenvalue weighted by molar-refractivity contribution is -0.120. The summed E-state index contributed by atoms with van der Waals surface area (Å²) in [6.07, 6.45) is 1.74. The van der Waals surface area contributed by atoms with Crippen molar-refractivity contribution < 1.29 is 9.32 Å². The van der Waals surface area contributed by atoms with Crippen molar-refractivity contribution in [1.29, 1.82) is 0 Å². The quantitative estimate of drug-likeness (QED) is 0.855. The molecule has 0 spiro atoms. The third-order valence-electron chi connectivity index (χ3n) is 2.77. The van der Waals surface area contributed by atoms with E-state index in [1.165, 1.54) is 18.7 Å². The van der Waals surface area contributed by atoms with Crippen LogP contribution >= 0.6 is 11.8 Å². The Bertz CT molecular complexity index is 612. The van der Waals surface area contributed by atoms with Crippen molar-refractivity contribution in [2.45, 2.75) is 43.5 Å². The molecule has 0 saturated heterocycles. The topological polar surface area (TPSA) is 80.9 Å². The summed E-state index contributed by atoms with van der Waals surface area (Å²) in [5.74, 6) is 0.836. The summed E-state index contributed by atoms with van der Waals surface area (Å²) < 4.78 is 5.31. The second-order valence-corrected chi connectivity index (χ2v) is 6.55. The van der Waals surface area contributed by atoms with Gasteiger partial charge in [-0.05, 0) is 32.9 Å². The van der Waals surface area contributed by atoms with Gasteiger partial charge in [-0.15, -0.1) is 0 Å². The number of carbonyl (C=O) groups is 1. The standard InChI is InChI=1S/C14H18N4O2S/c1-9(21-11-7-5-6-8-15-11)12-16-13(18-20-12)14(3,4)17-10(2)19/h5-9H,1-4H3,(H,17,19)/t9-/m1/s1. The summed E-state index contributed by atoms with van der Waals surface area (Å²) in [6.45, 7) is 7.10. The summed E-state index contributed by atoms with van der Waals surface area (Å²) in [5, 5.41) is 7.64. The molecular weight excluding hydrogens is 288 g/mol. The lowest BCUT2D eigenvalue weighted by Gasteiger charge is -2.20. The van der Waals surface area contributed by atoms with Crippen molar-refractivity contribution in [3.05, 3.63) is 36.1 Å². The Morgan fingerprint density at radius 1 is 1.43 bits per heavy atom. The SMILES string of the molecule is CC(=O)NC(C)(C)c1noc([C@@H](C)Sc2ccccn2)n1. The largest absolute Gasteiger partial charge is 0.344 e. The van der Waals surface area contributed by atoms with E-state index in [4.69, 9.17) is 4.52 Å². The third kappa shape index (κ3) is 4.04. The van der Waals surface area contributed by atoms with Crippen LogP contribution in [0.3, 0.4) is 0 Å². The maximum Gasteiger partial charge on any atom is 0.239 e. The number of hydrogen-bond acceptors (Lipinski definition) is 6. The number of rotatable bonds is 5. The number of aromatic nitrogens is 3. The molecule has 112 valence electrons. The number of hydrogen-bond donors (Lipinski definition) is 1. The number of pyridine rings is 1. The minimum atomic E-state index is -0.664. The number of amides is 1. The molecule has 6 nitrogen and oxygen atoms in total. The molecule has 2 aromatic rings. The maximum absolute atomic E-state index is 11.2. The van der Waals surface area contributed by atoms with Gasteiger partial charge in [0.1, 0.15) is 0 Å². The van der Waals surface area contributed by atoms with Crippen LogP contribution < -0.4 is 5.32 Å². The molecule has 0 saturated carbocycles. The highest BCUT2D eigenvalue weighted by molar-refractivity contribution is 7.99. The molecule has 0 radical (unpaired) electrons. The zero-order chi connectivity index (χ0) is 15.5. The van der Waals surface area contributed by atoms with Crippen LogP contribution in [-0.4, -0.2) is 21.0 Å². The van der Waals surface area contributed by atoms with Gasteiger partial charge in [0.2, 0.25) is 11.8 Å². The Balaban J connectivity index is 2.10. The summed E-state index contributed by atoms with van der Waals surface area (Å²) in [4.78, 5) is 19.9. The van der Waals surface area contributed by atoms with Crippen LogP contribution in [0.1, 0.15) is 44.7 Å². The van der Waals surface area contributed by atoms with Gasteiger partial charge in [0.25, 0.3) is 0 Å². The minimum Gasteiger partial charge on any atom is -0.344 e. The fraction of sp³-hybridized carbons (Fsp3) is 0.429. The second-order valence-electron chi connectivity index (χ2n) is 5.19. The summed E-state index contributed by atoms with van der Waals surface area (Å²) in [7, 11) is 0. The lowest BCUT2D eigenvalue weighted by atomic mass is 10.1. The predicted molar refractivity (Wildman–Crippen MR) is 79.6 cm³/mol. The molecule has 1 N–H and O–H groups in total. The van der Waals surface area contributed by atoms with Gasteiger partial charge in [-0.1, -0.05) is 23.0 Å². The first-order valence-corrected chi connectivity index (χ1v) is 7.47. The van der Waals surface area contributed by atoms with Gasteiger partial charge in [0.15, 0.2) is 5.82 Å². The normalized spacial score (nSPS) is 13.0. The zero-order valence-electron chi connectivity index (χ0n) is 12.5. The van der Waals surface area contributed by atoms with Gasteiger partial charge in [-0.25, -0.2) is 4.98 Å². The molecule has 1 amide bonds.